The number of rotatable bonds is 8. The maximum atomic E-state index is 8.53. The average Bonchev–Trinajstić information content (AvgIpc) is 2.43. The Bertz CT molecular complexity index is 240. The minimum atomic E-state index is 0.260. The van der Waals surface area contributed by atoms with E-state index in [0.717, 1.165) is 19.6 Å². The molecule has 0 radical (unpaired) electrons. The van der Waals surface area contributed by atoms with Gasteiger partial charge in [-0.15, -0.1) is 0 Å². The lowest BCUT2D eigenvalue weighted by Gasteiger charge is -2.23. The van der Waals surface area contributed by atoms with Gasteiger partial charge in [0, 0.05) is 19.0 Å². The van der Waals surface area contributed by atoms with E-state index < -0.39 is 0 Å². The Balaban J connectivity index is 2.07. The van der Waals surface area contributed by atoms with E-state index in [-0.39, 0.29) is 11.9 Å². The largest absolute Gasteiger partial charge is 0.409 e. The van der Waals surface area contributed by atoms with Crippen LogP contribution in [0.5, 0.6) is 0 Å². The normalized spacial score (nSPS) is 19.9. The van der Waals surface area contributed by atoms with Gasteiger partial charge in [-0.1, -0.05) is 31.3 Å². The molecule has 1 saturated carbocycles. The van der Waals surface area contributed by atoms with E-state index >= 15 is 0 Å². The van der Waals surface area contributed by atoms with Gasteiger partial charge in [0.25, 0.3) is 0 Å². The van der Waals surface area contributed by atoms with Gasteiger partial charge in [0.2, 0.25) is 0 Å². The summed E-state index contributed by atoms with van der Waals surface area (Å²) in [5.41, 5.74) is 5.50. The lowest BCUT2D eigenvalue weighted by molar-refractivity contribution is 0.0294. The Labute approximate surface area is 110 Å². The monoisotopic (exact) mass is 257 g/mol. The summed E-state index contributed by atoms with van der Waals surface area (Å²) in [7, 11) is 0. The maximum Gasteiger partial charge on any atom is 0.140 e. The molecule has 0 aromatic carbocycles. The SMILES string of the molecule is CCC(CC(N)=NO)NCCOC1CCCCC1. The molecule has 5 nitrogen and oxygen atoms in total. The Kier molecular flexibility index (Phi) is 7.76. The summed E-state index contributed by atoms with van der Waals surface area (Å²) >= 11 is 0. The van der Waals surface area contributed by atoms with E-state index in [0.29, 0.717) is 12.5 Å². The van der Waals surface area contributed by atoms with Crippen LogP contribution in [0.1, 0.15) is 51.9 Å². The highest BCUT2D eigenvalue weighted by atomic mass is 16.5. The second kappa shape index (κ2) is 9.16. The topological polar surface area (TPSA) is 79.9 Å². The third-order valence-corrected chi connectivity index (χ3v) is 3.52. The van der Waals surface area contributed by atoms with Crippen molar-refractivity contribution in [2.45, 2.75) is 64.0 Å². The zero-order valence-electron chi connectivity index (χ0n) is 11.4. The molecule has 0 bridgehead atoms. The van der Waals surface area contributed by atoms with E-state index in [9.17, 15) is 0 Å². The maximum absolute atomic E-state index is 8.53. The summed E-state index contributed by atoms with van der Waals surface area (Å²) in [6.07, 6.45) is 8.39. The zero-order chi connectivity index (χ0) is 13.2. The number of hydrogen-bond acceptors (Lipinski definition) is 4. The Hall–Kier alpha value is -0.810. The lowest BCUT2D eigenvalue weighted by Crippen LogP contribution is -2.36. The summed E-state index contributed by atoms with van der Waals surface area (Å²) < 4.78 is 5.84. The van der Waals surface area contributed by atoms with Gasteiger partial charge in [-0.2, -0.15) is 0 Å². The molecule has 1 fully saturated rings. The molecular formula is C13H27N3O2. The molecule has 18 heavy (non-hydrogen) atoms. The number of oxime groups is 1. The third kappa shape index (κ3) is 6.21. The molecule has 0 saturated heterocycles. The van der Waals surface area contributed by atoms with Crippen molar-refractivity contribution < 1.29 is 9.94 Å². The van der Waals surface area contributed by atoms with Crippen LogP contribution in [-0.4, -0.2) is 36.3 Å². The van der Waals surface area contributed by atoms with Crippen LogP contribution in [0.4, 0.5) is 0 Å². The second-order valence-electron chi connectivity index (χ2n) is 4.99. The van der Waals surface area contributed by atoms with Crippen LogP contribution in [0.3, 0.4) is 0 Å². The lowest BCUT2D eigenvalue weighted by atomic mass is 9.98. The number of amidine groups is 1. The van der Waals surface area contributed by atoms with E-state index in [1.807, 2.05) is 0 Å². The summed E-state index contributed by atoms with van der Waals surface area (Å²) in [4.78, 5) is 0. The van der Waals surface area contributed by atoms with Crippen LogP contribution in [-0.2, 0) is 4.74 Å². The summed E-state index contributed by atoms with van der Waals surface area (Å²) in [6, 6.07) is 0.260. The molecule has 0 heterocycles. The summed E-state index contributed by atoms with van der Waals surface area (Å²) in [5.74, 6) is 0.280. The molecule has 1 rings (SSSR count). The van der Waals surface area contributed by atoms with E-state index in [1.54, 1.807) is 0 Å². The highest BCUT2D eigenvalue weighted by Crippen LogP contribution is 2.19. The smallest absolute Gasteiger partial charge is 0.140 e. The van der Waals surface area contributed by atoms with Crippen molar-refractivity contribution in [3.05, 3.63) is 0 Å². The summed E-state index contributed by atoms with van der Waals surface area (Å²) in [6.45, 7) is 3.66. The van der Waals surface area contributed by atoms with E-state index in [2.05, 4.69) is 17.4 Å². The fraction of sp³-hybridized carbons (Fsp3) is 0.923. The van der Waals surface area contributed by atoms with Gasteiger partial charge in [0.15, 0.2) is 0 Å². The van der Waals surface area contributed by atoms with Crippen LogP contribution in [0.2, 0.25) is 0 Å². The van der Waals surface area contributed by atoms with Gasteiger partial charge in [0.1, 0.15) is 5.84 Å². The van der Waals surface area contributed by atoms with Crippen molar-refractivity contribution in [3.8, 4) is 0 Å². The minimum Gasteiger partial charge on any atom is -0.409 e. The fourth-order valence-corrected chi connectivity index (χ4v) is 2.37. The van der Waals surface area contributed by atoms with Crippen LogP contribution >= 0.6 is 0 Å². The van der Waals surface area contributed by atoms with Gasteiger partial charge < -0.3 is 21.0 Å². The van der Waals surface area contributed by atoms with E-state index in [4.69, 9.17) is 15.7 Å². The molecular weight excluding hydrogens is 230 g/mol. The Morgan fingerprint density at radius 3 is 2.78 bits per heavy atom. The van der Waals surface area contributed by atoms with Crippen molar-refractivity contribution in [2.75, 3.05) is 13.2 Å². The van der Waals surface area contributed by atoms with Crippen LogP contribution in [0.25, 0.3) is 0 Å². The number of nitrogens with zero attached hydrogens (tertiary/aromatic N) is 1. The quantitative estimate of drug-likeness (QED) is 0.204. The first-order chi connectivity index (χ1) is 8.76. The van der Waals surface area contributed by atoms with Gasteiger partial charge in [0.05, 0.1) is 12.7 Å². The average molecular weight is 257 g/mol. The number of hydrogen-bond donors (Lipinski definition) is 3. The van der Waals surface area contributed by atoms with Crippen molar-refractivity contribution in [1.29, 1.82) is 0 Å². The standard InChI is InChI=1S/C13H27N3O2/c1-2-11(10-13(14)16-17)15-8-9-18-12-6-4-3-5-7-12/h11-12,15,17H,2-10H2,1H3,(H2,14,16). The molecule has 106 valence electrons. The molecule has 1 unspecified atom stereocenters. The molecule has 0 spiro atoms. The first-order valence-corrected chi connectivity index (χ1v) is 7.07. The first-order valence-electron chi connectivity index (χ1n) is 7.07. The molecule has 1 aliphatic carbocycles. The molecule has 0 amide bonds. The fourth-order valence-electron chi connectivity index (χ4n) is 2.37. The molecule has 0 aromatic rings. The van der Waals surface area contributed by atoms with Crippen LogP contribution < -0.4 is 11.1 Å². The molecule has 1 aliphatic rings. The van der Waals surface area contributed by atoms with Crippen molar-refractivity contribution >= 4 is 5.84 Å². The molecule has 0 aromatic heterocycles. The first kappa shape index (κ1) is 15.2. The number of ether oxygens (including phenoxy) is 1. The Morgan fingerprint density at radius 1 is 1.44 bits per heavy atom. The van der Waals surface area contributed by atoms with Gasteiger partial charge in [-0.05, 0) is 19.3 Å². The van der Waals surface area contributed by atoms with Crippen LogP contribution in [0.15, 0.2) is 5.16 Å². The minimum absolute atomic E-state index is 0.260. The predicted molar refractivity (Wildman–Crippen MR) is 72.9 cm³/mol. The summed E-state index contributed by atoms with van der Waals surface area (Å²) in [5, 5.41) is 14.9. The van der Waals surface area contributed by atoms with Crippen molar-refractivity contribution in [2.24, 2.45) is 10.9 Å². The molecule has 5 heteroatoms. The van der Waals surface area contributed by atoms with Crippen molar-refractivity contribution in [3.63, 3.8) is 0 Å². The number of nitrogens with two attached hydrogens (primary N) is 1. The third-order valence-electron chi connectivity index (χ3n) is 3.52. The predicted octanol–water partition coefficient (Wildman–Crippen LogP) is 1.84. The highest BCUT2D eigenvalue weighted by molar-refractivity contribution is 5.80. The molecule has 1 atom stereocenters. The van der Waals surface area contributed by atoms with Gasteiger partial charge in [-0.25, -0.2) is 0 Å². The van der Waals surface area contributed by atoms with Crippen LogP contribution in [0, 0.1) is 0 Å². The number of nitrogens with one attached hydrogen (secondary N) is 1. The second-order valence-corrected chi connectivity index (χ2v) is 4.99. The van der Waals surface area contributed by atoms with Crippen molar-refractivity contribution in [1.82, 2.24) is 5.32 Å². The Morgan fingerprint density at radius 2 is 2.17 bits per heavy atom. The van der Waals surface area contributed by atoms with E-state index in [1.165, 1.54) is 32.1 Å². The van der Waals surface area contributed by atoms with Gasteiger partial charge >= 0.3 is 0 Å². The molecule has 4 N–H and O–H groups in total. The molecule has 0 aliphatic heterocycles. The highest BCUT2D eigenvalue weighted by Gasteiger charge is 2.13. The van der Waals surface area contributed by atoms with Gasteiger partial charge in [-0.3, -0.25) is 0 Å². The zero-order valence-corrected chi connectivity index (χ0v) is 11.4.